The number of nitrogens with one attached hydrogen (secondary N) is 2. The third-order valence-electron chi connectivity index (χ3n) is 5.44. The van der Waals surface area contributed by atoms with Crippen molar-refractivity contribution in [2.24, 2.45) is 11.8 Å². The van der Waals surface area contributed by atoms with E-state index in [0.717, 1.165) is 25.8 Å². The van der Waals surface area contributed by atoms with Crippen LogP contribution >= 0.6 is 0 Å². The maximum Gasteiger partial charge on any atom is 0.328 e. The Bertz CT molecular complexity index is 750. The van der Waals surface area contributed by atoms with Gasteiger partial charge in [-0.1, -0.05) is 13.8 Å². The van der Waals surface area contributed by atoms with Crippen LogP contribution in [0.15, 0.2) is 24.3 Å². The third kappa shape index (κ3) is 4.87. The van der Waals surface area contributed by atoms with E-state index in [2.05, 4.69) is 24.5 Å². The molecule has 0 saturated carbocycles. The van der Waals surface area contributed by atoms with Crippen molar-refractivity contribution < 1.29 is 19.1 Å². The van der Waals surface area contributed by atoms with Crippen LogP contribution in [0.2, 0.25) is 0 Å². The summed E-state index contributed by atoms with van der Waals surface area (Å²) in [6.45, 7) is 5.12. The molecule has 4 amide bonds. The van der Waals surface area contributed by atoms with Gasteiger partial charge in [0.2, 0.25) is 11.8 Å². The summed E-state index contributed by atoms with van der Waals surface area (Å²) in [7, 11) is 1.58. The van der Waals surface area contributed by atoms with Gasteiger partial charge in [0, 0.05) is 12.2 Å². The fraction of sp³-hybridized carbons (Fsp3) is 0.571. The Morgan fingerprint density at radius 2 is 2.00 bits per heavy atom. The van der Waals surface area contributed by atoms with Gasteiger partial charge >= 0.3 is 6.03 Å². The maximum absolute atomic E-state index is 13.1. The van der Waals surface area contributed by atoms with Crippen LogP contribution in [0.4, 0.5) is 10.5 Å². The molecule has 2 heterocycles. The zero-order valence-electron chi connectivity index (χ0n) is 17.3. The third-order valence-corrected chi connectivity index (χ3v) is 5.44. The monoisotopic (exact) mass is 402 g/mol. The van der Waals surface area contributed by atoms with E-state index in [1.54, 1.807) is 31.4 Å². The lowest BCUT2D eigenvalue weighted by molar-refractivity contribution is -0.142. The minimum atomic E-state index is -0.430. The average molecular weight is 402 g/mol. The summed E-state index contributed by atoms with van der Waals surface area (Å²) in [5.41, 5.74) is 0.626. The average Bonchev–Trinajstić information content (AvgIpc) is 2.71. The Hall–Kier alpha value is -2.61. The maximum atomic E-state index is 13.1. The van der Waals surface area contributed by atoms with Gasteiger partial charge in [-0.05, 0) is 56.0 Å². The second-order valence-corrected chi connectivity index (χ2v) is 8.01. The molecule has 2 aliphatic heterocycles. The van der Waals surface area contributed by atoms with Crippen LogP contribution in [-0.2, 0) is 9.59 Å². The van der Waals surface area contributed by atoms with Crippen LogP contribution in [0.1, 0.15) is 33.1 Å². The molecule has 29 heavy (non-hydrogen) atoms. The van der Waals surface area contributed by atoms with Gasteiger partial charge in [0.05, 0.1) is 19.2 Å². The Morgan fingerprint density at radius 1 is 1.28 bits per heavy atom. The Morgan fingerprint density at radius 3 is 2.66 bits per heavy atom. The molecule has 2 N–H and O–H groups in total. The number of piperidine rings is 1. The number of urea groups is 1. The van der Waals surface area contributed by atoms with Gasteiger partial charge < -0.3 is 10.1 Å². The molecular formula is C21H30N4O4. The first-order valence-electron chi connectivity index (χ1n) is 10.2. The van der Waals surface area contributed by atoms with E-state index < -0.39 is 12.2 Å². The molecule has 0 aromatic heterocycles. The molecule has 8 heteroatoms. The molecule has 0 spiro atoms. The van der Waals surface area contributed by atoms with Gasteiger partial charge in [-0.2, -0.15) is 0 Å². The summed E-state index contributed by atoms with van der Waals surface area (Å²) in [6, 6.07) is 6.61. The number of anilines is 1. The predicted molar refractivity (Wildman–Crippen MR) is 109 cm³/mol. The molecule has 0 radical (unpaired) electrons. The molecule has 2 fully saturated rings. The van der Waals surface area contributed by atoms with Gasteiger partial charge in [0.15, 0.2) is 0 Å². The number of amides is 4. The fourth-order valence-electron chi connectivity index (χ4n) is 3.82. The van der Waals surface area contributed by atoms with Gasteiger partial charge in [0.25, 0.3) is 0 Å². The van der Waals surface area contributed by atoms with Crippen molar-refractivity contribution in [1.29, 1.82) is 0 Å². The molecule has 2 aliphatic rings. The summed E-state index contributed by atoms with van der Waals surface area (Å²) in [5.74, 6) is 0.349. The Kier molecular flexibility index (Phi) is 6.74. The number of fused-ring (bicyclic) bond motifs is 1. The van der Waals surface area contributed by atoms with E-state index in [0.29, 0.717) is 23.9 Å². The van der Waals surface area contributed by atoms with E-state index >= 15 is 0 Å². The number of nitrogens with zero attached hydrogens (tertiary/aromatic N) is 2. The zero-order valence-corrected chi connectivity index (χ0v) is 17.3. The molecule has 0 bridgehead atoms. The highest BCUT2D eigenvalue weighted by molar-refractivity contribution is 6.01. The summed E-state index contributed by atoms with van der Waals surface area (Å²) >= 11 is 0. The molecule has 2 saturated heterocycles. The first-order valence-corrected chi connectivity index (χ1v) is 10.2. The van der Waals surface area contributed by atoms with Crippen LogP contribution in [-0.4, -0.2) is 60.6 Å². The topological polar surface area (TPSA) is 91.0 Å². The number of ether oxygens (including phenoxy) is 1. The molecule has 2 atom stereocenters. The van der Waals surface area contributed by atoms with Crippen molar-refractivity contribution in [1.82, 2.24) is 15.1 Å². The van der Waals surface area contributed by atoms with Crippen molar-refractivity contribution >= 4 is 23.5 Å². The van der Waals surface area contributed by atoms with Crippen molar-refractivity contribution in [3.63, 3.8) is 0 Å². The van der Waals surface area contributed by atoms with E-state index in [-0.39, 0.29) is 24.3 Å². The summed E-state index contributed by atoms with van der Waals surface area (Å²) in [6.07, 6.45) is 1.92. The molecule has 2 unspecified atom stereocenters. The standard InChI is InChI=1S/C21H30N4O4/c1-14(2)10-12-24-20(27)17-5-4-11-22-19(17)25(21(24)28)13-18(26)23-15-6-8-16(29-3)9-7-15/h6-9,14,17,19,22H,4-5,10-13H2,1-3H3,(H,23,26). The highest BCUT2D eigenvalue weighted by Crippen LogP contribution is 2.28. The number of hydrogen-bond donors (Lipinski definition) is 2. The number of carbonyl (C=O) groups excluding carboxylic acids is 3. The van der Waals surface area contributed by atoms with E-state index in [1.165, 1.54) is 9.80 Å². The Balaban J connectivity index is 1.72. The summed E-state index contributed by atoms with van der Waals surface area (Å²) in [5, 5.41) is 6.08. The smallest absolute Gasteiger partial charge is 0.328 e. The first kappa shape index (κ1) is 21.1. The lowest BCUT2D eigenvalue weighted by Gasteiger charge is -2.46. The highest BCUT2D eigenvalue weighted by Gasteiger charge is 2.47. The van der Waals surface area contributed by atoms with Gasteiger partial charge in [0.1, 0.15) is 12.3 Å². The van der Waals surface area contributed by atoms with E-state index in [9.17, 15) is 14.4 Å². The molecular weight excluding hydrogens is 372 g/mol. The lowest BCUT2D eigenvalue weighted by Crippen LogP contribution is -2.68. The van der Waals surface area contributed by atoms with Crippen molar-refractivity contribution in [2.45, 2.75) is 39.3 Å². The number of rotatable bonds is 7. The van der Waals surface area contributed by atoms with Crippen LogP contribution in [0.25, 0.3) is 0 Å². The SMILES string of the molecule is COc1ccc(NC(=O)CN2C(=O)N(CCC(C)C)C(=O)C3CCCNC32)cc1. The minimum absolute atomic E-state index is 0.107. The van der Waals surface area contributed by atoms with E-state index in [4.69, 9.17) is 4.74 Å². The molecule has 3 rings (SSSR count). The van der Waals surface area contributed by atoms with Gasteiger partial charge in [-0.3, -0.25) is 24.7 Å². The second kappa shape index (κ2) is 9.26. The molecule has 1 aromatic rings. The van der Waals surface area contributed by atoms with Crippen LogP contribution < -0.4 is 15.4 Å². The molecule has 1 aromatic carbocycles. The molecule has 158 valence electrons. The van der Waals surface area contributed by atoms with Crippen molar-refractivity contribution in [3.05, 3.63) is 24.3 Å². The number of methoxy groups -OCH3 is 1. The van der Waals surface area contributed by atoms with Gasteiger partial charge in [-0.25, -0.2) is 4.79 Å². The number of carbonyl (C=O) groups is 3. The van der Waals surface area contributed by atoms with Crippen LogP contribution in [0.5, 0.6) is 5.75 Å². The minimum Gasteiger partial charge on any atom is -0.497 e. The lowest BCUT2D eigenvalue weighted by atomic mass is 9.91. The normalized spacial score (nSPS) is 21.9. The number of benzene rings is 1. The largest absolute Gasteiger partial charge is 0.497 e. The number of imide groups is 1. The zero-order chi connectivity index (χ0) is 21.0. The molecule has 8 nitrogen and oxygen atoms in total. The number of hydrogen-bond acceptors (Lipinski definition) is 5. The van der Waals surface area contributed by atoms with Gasteiger partial charge in [-0.15, -0.1) is 0 Å². The van der Waals surface area contributed by atoms with E-state index in [1.807, 2.05) is 0 Å². The quantitative estimate of drug-likeness (QED) is 0.730. The first-order chi connectivity index (χ1) is 13.9. The fourth-order valence-corrected chi connectivity index (χ4v) is 3.82. The highest BCUT2D eigenvalue weighted by atomic mass is 16.5. The van der Waals surface area contributed by atoms with Crippen LogP contribution in [0.3, 0.4) is 0 Å². The summed E-state index contributed by atoms with van der Waals surface area (Å²) < 4.78 is 5.12. The second-order valence-electron chi connectivity index (χ2n) is 8.01. The molecule has 0 aliphatic carbocycles. The Labute approximate surface area is 171 Å². The van der Waals surface area contributed by atoms with Crippen molar-refractivity contribution in [2.75, 3.05) is 32.1 Å². The van der Waals surface area contributed by atoms with Crippen LogP contribution in [0, 0.1) is 11.8 Å². The van der Waals surface area contributed by atoms with Crippen molar-refractivity contribution in [3.8, 4) is 5.75 Å². The predicted octanol–water partition coefficient (Wildman–Crippen LogP) is 2.27. The summed E-state index contributed by atoms with van der Waals surface area (Å²) in [4.78, 5) is 41.4.